The second-order valence-electron chi connectivity index (χ2n) is 8.31. The molecular formula is C26H36N2O3. The molecule has 0 aliphatic heterocycles. The van der Waals surface area contributed by atoms with Gasteiger partial charge in [-0.25, -0.2) is 0 Å². The van der Waals surface area contributed by atoms with E-state index >= 15 is 0 Å². The summed E-state index contributed by atoms with van der Waals surface area (Å²) in [5.74, 6) is 0.646. The Morgan fingerprint density at radius 1 is 1.03 bits per heavy atom. The lowest BCUT2D eigenvalue weighted by Gasteiger charge is -2.29. The van der Waals surface area contributed by atoms with Crippen LogP contribution in [-0.2, 0) is 16.1 Å². The Morgan fingerprint density at radius 2 is 1.71 bits per heavy atom. The van der Waals surface area contributed by atoms with Crippen LogP contribution in [0.25, 0.3) is 0 Å². The number of amides is 2. The van der Waals surface area contributed by atoms with Gasteiger partial charge in [-0.3, -0.25) is 9.59 Å². The number of hydrogen-bond acceptors (Lipinski definition) is 3. The summed E-state index contributed by atoms with van der Waals surface area (Å²) in [6.45, 7) is 10.9. The molecule has 0 fully saturated rings. The number of carbonyl (C=O) groups excluding carboxylic acids is 2. The first kappa shape index (κ1) is 24.4. The molecule has 0 spiro atoms. The third-order valence-corrected chi connectivity index (χ3v) is 5.36. The van der Waals surface area contributed by atoms with Crippen molar-refractivity contribution in [3.63, 3.8) is 0 Å². The molecule has 168 valence electrons. The van der Waals surface area contributed by atoms with Gasteiger partial charge in [0.2, 0.25) is 5.91 Å². The lowest BCUT2D eigenvalue weighted by Crippen LogP contribution is -2.49. The van der Waals surface area contributed by atoms with Crippen LogP contribution in [0.4, 0.5) is 0 Å². The topological polar surface area (TPSA) is 58.6 Å². The minimum Gasteiger partial charge on any atom is -0.483 e. The Morgan fingerprint density at radius 3 is 2.35 bits per heavy atom. The predicted octanol–water partition coefficient (Wildman–Crippen LogP) is 4.83. The van der Waals surface area contributed by atoms with Gasteiger partial charge in [0, 0.05) is 13.1 Å². The number of nitrogens with zero attached hydrogens (tertiary/aromatic N) is 1. The average Bonchev–Trinajstić information content (AvgIpc) is 2.76. The van der Waals surface area contributed by atoms with E-state index in [0.29, 0.717) is 24.8 Å². The molecule has 31 heavy (non-hydrogen) atoms. The lowest BCUT2D eigenvalue weighted by atomic mass is 10.0. The van der Waals surface area contributed by atoms with Crippen LogP contribution >= 0.6 is 0 Å². The van der Waals surface area contributed by atoms with Crippen LogP contribution in [0, 0.1) is 6.92 Å². The molecule has 1 N–H and O–H groups in total. The molecule has 0 bridgehead atoms. The van der Waals surface area contributed by atoms with Gasteiger partial charge in [-0.2, -0.15) is 0 Å². The molecule has 2 amide bonds. The molecule has 5 heteroatoms. The maximum absolute atomic E-state index is 13.2. The molecule has 5 nitrogen and oxygen atoms in total. The van der Waals surface area contributed by atoms with Crippen molar-refractivity contribution in [2.24, 2.45) is 0 Å². The third-order valence-electron chi connectivity index (χ3n) is 5.36. The van der Waals surface area contributed by atoms with Gasteiger partial charge in [0.15, 0.2) is 6.61 Å². The van der Waals surface area contributed by atoms with E-state index < -0.39 is 6.04 Å². The van der Waals surface area contributed by atoms with Crippen molar-refractivity contribution in [3.8, 4) is 5.75 Å². The summed E-state index contributed by atoms with van der Waals surface area (Å²) in [6, 6.07) is 15.2. The van der Waals surface area contributed by atoms with Crippen molar-refractivity contribution < 1.29 is 14.3 Å². The van der Waals surface area contributed by atoms with Crippen molar-refractivity contribution in [1.82, 2.24) is 10.2 Å². The number of rotatable bonds is 11. The van der Waals surface area contributed by atoms with Crippen molar-refractivity contribution >= 4 is 11.8 Å². The van der Waals surface area contributed by atoms with E-state index in [1.54, 1.807) is 11.8 Å². The Labute approximate surface area is 186 Å². The van der Waals surface area contributed by atoms with Crippen LogP contribution in [-0.4, -0.2) is 35.9 Å². The summed E-state index contributed by atoms with van der Waals surface area (Å²) in [4.78, 5) is 27.4. The van der Waals surface area contributed by atoms with Gasteiger partial charge in [0.25, 0.3) is 5.91 Å². The molecule has 0 radical (unpaired) electrons. The van der Waals surface area contributed by atoms with E-state index in [1.807, 2.05) is 55.5 Å². The highest BCUT2D eigenvalue weighted by Crippen LogP contribution is 2.26. The largest absolute Gasteiger partial charge is 0.483 e. The number of para-hydroxylation sites is 1. The highest BCUT2D eigenvalue weighted by molar-refractivity contribution is 5.88. The maximum atomic E-state index is 13.2. The van der Waals surface area contributed by atoms with Crippen molar-refractivity contribution in [2.45, 2.75) is 66.0 Å². The first-order valence-corrected chi connectivity index (χ1v) is 11.2. The van der Waals surface area contributed by atoms with Gasteiger partial charge < -0.3 is 15.0 Å². The van der Waals surface area contributed by atoms with E-state index in [2.05, 4.69) is 26.1 Å². The van der Waals surface area contributed by atoms with E-state index in [9.17, 15) is 9.59 Å². The van der Waals surface area contributed by atoms with Gasteiger partial charge in [0.1, 0.15) is 11.8 Å². The second kappa shape index (κ2) is 12.1. The minimum absolute atomic E-state index is 0.109. The number of unbranched alkanes of at least 4 members (excludes halogenated alkanes) is 1. The Bertz CT molecular complexity index is 846. The molecule has 0 saturated heterocycles. The quantitative estimate of drug-likeness (QED) is 0.526. The molecular weight excluding hydrogens is 388 g/mol. The predicted molar refractivity (Wildman–Crippen MR) is 125 cm³/mol. The standard InChI is InChI=1S/C26H36N2O3/c1-6-7-16-27-26(30)21(5)28(17-22-14-12-20(4)13-15-22)25(29)18-31-24-11-9-8-10-23(24)19(2)3/h8-15,19,21H,6-7,16-18H2,1-5H3,(H,27,30)/t21-/m0/s1. The molecule has 0 heterocycles. The zero-order valence-electron chi connectivity index (χ0n) is 19.5. The summed E-state index contributed by atoms with van der Waals surface area (Å²) < 4.78 is 5.90. The van der Waals surface area contributed by atoms with Crippen molar-refractivity contribution in [1.29, 1.82) is 0 Å². The number of aryl methyl sites for hydroxylation is 1. The summed E-state index contributed by atoms with van der Waals surface area (Å²) in [5.41, 5.74) is 3.20. The van der Waals surface area contributed by atoms with E-state index in [-0.39, 0.29) is 18.4 Å². The summed E-state index contributed by atoms with van der Waals surface area (Å²) in [5, 5.41) is 2.94. The van der Waals surface area contributed by atoms with Gasteiger partial charge in [-0.05, 0) is 43.4 Å². The zero-order chi connectivity index (χ0) is 22.8. The third kappa shape index (κ3) is 7.42. The molecule has 1 atom stereocenters. The van der Waals surface area contributed by atoms with Gasteiger partial charge in [-0.1, -0.05) is 75.2 Å². The van der Waals surface area contributed by atoms with Crippen LogP contribution in [0.3, 0.4) is 0 Å². The Kier molecular flexibility index (Phi) is 9.57. The number of benzene rings is 2. The van der Waals surface area contributed by atoms with Gasteiger partial charge in [-0.15, -0.1) is 0 Å². The smallest absolute Gasteiger partial charge is 0.261 e. The fraction of sp³-hybridized carbons (Fsp3) is 0.462. The van der Waals surface area contributed by atoms with Gasteiger partial charge in [0.05, 0.1) is 0 Å². The van der Waals surface area contributed by atoms with E-state index in [4.69, 9.17) is 4.74 Å². The fourth-order valence-corrected chi connectivity index (χ4v) is 3.32. The molecule has 2 aromatic carbocycles. The van der Waals surface area contributed by atoms with Gasteiger partial charge >= 0.3 is 0 Å². The summed E-state index contributed by atoms with van der Waals surface area (Å²) in [7, 11) is 0. The van der Waals surface area contributed by atoms with Crippen molar-refractivity contribution in [2.75, 3.05) is 13.2 Å². The highest BCUT2D eigenvalue weighted by Gasteiger charge is 2.26. The monoisotopic (exact) mass is 424 g/mol. The van der Waals surface area contributed by atoms with Crippen LogP contribution in [0.5, 0.6) is 5.75 Å². The number of carbonyl (C=O) groups is 2. The summed E-state index contributed by atoms with van der Waals surface area (Å²) in [6.07, 6.45) is 1.92. The average molecular weight is 425 g/mol. The zero-order valence-corrected chi connectivity index (χ0v) is 19.5. The molecule has 0 aliphatic rings. The molecule has 2 rings (SSSR count). The lowest BCUT2D eigenvalue weighted by molar-refractivity contribution is -0.142. The molecule has 0 aliphatic carbocycles. The van der Waals surface area contributed by atoms with Crippen LogP contribution < -0.4 is 10.1 Å². The Hall–Kier alpha value is -2.82. The van der Waals surface area contributed by atoms with Crippen LogP contribution in [0.2, 0.25) is 0 Å². The Balaban J connectivity index is 2.15. The normalized spacial score (nSPS) is 11.8. The van der Waals surface area contributed by atoms with E-state index in [0.717, 1.165) is 29.5 Å². The first-order valence-electron chi connectivity index (χ1n) is 11.2. The van der Waals surface area contributed by atoms with E-state index in [1.165, 1.54) is 0 Å². The minimum atomic E-state index is -0.588. The molecule has 0 aromatic heterocycles. The van der Waals surface area contributed by atoms with Crippen LogP contribution in [0.1, 0.15) is 63.1 Å². The highest BCUT2D eigenvalue weighted by atomic mass is 16.5. The maximum Gasteiger partial charge on any atom is 0.261 e. The second-order valence-corrected chi connectivity index (χ2v) is 8.31. The van der Waals surface area contributed by atoms with Crippen molar-refractivity contribution in [3.05, 3.63) is 65.2 Å². The fourth-order valence-electron chi connectivity index (χ4n) is 3.32. The molecule has 0 unspecified atom stereocenters. The number of nitrogens with one attached hydrogen (secondary N) is 1. The first-order chi connectivity index (χ1) is 14.8. The number of ether oxygens (including phenoxy) is 1. The molecule has 0 saturated carbocycles. The summed E-state index contributed by atoms with van der Waals surface area (Å²) >= 11 is 0. The number of hydrogen-bond donors (Lipinski definition) is 1. The SMILES string of the molecule is CCCCNC(=O)[C@H](C)N(Cc1ccc(C)cc1)C(=O)COc1ccccc1C(C)C. The van der Waals surface area contributed by atoms with Crippen LogP contribution in [0.15, 0.2) is 48.5 Å². The molecule has 2 aromatic rings.